The van der Waals surface area contributed by atoms with Crippen molar-refractivity contribution in [3.63, 3.8) is 0 Å². The molecule has 0 aromatic carbocycles. The predicted molar refractivity (Wildman–Crippen MR) is 30.9 cm³/mol. The van der Waals surface area contributed by atoms with Crippen LogP contribution in [0.3, 0.4) is 0 Å². The summed E-state index contributed by atoms with van der Waals surface area (Å²) in [6.45, 7) is 1.96. The van der Waals surface area contributed by atoms with E-state index in [0.29, 0.717) is 5.88 Å². The normalized spacial score (nSPS) is 7.60. The molecule has 0 fully saturated rings. The molecule has 0 aromatic heterocycles. The molecule has 0 spiro atoms. The van der Waals surface area contributed by atoms with Crippen LogP contribution in [0.4, 0.5) is 0 Å². The van der Waals surface area contributed by atoms with E-state index in [9.17, 15) is 0 Å². The summed E-state index contributed by atoms with van der Waals surface area (Å²) in [6, 6.07) is 0. The van der Waals surface area contributed by atoms with Crippen LogP contribution in [0.25, 0.3) is 0 Å². The van der Waals surface area contributed by atoms with E-state index in [1.54, 1.807) is 11.6 Å². The van der Waals surface area contributed by atoms with Crippen molar-refractivity contribution in [2.75, 3.05) is 6.26 Å². The molecule has 0 atom stereocenters. The molecule has 0 unspecified atom stereocenters. The van der Waals surface area contributed by atoms with Crippen molar-refractivity contribution in [2.45, 2.75) is 6.82 Å². The number of rotatable bonds is 1. The van der Waals surface area contributed by atoms with Crippen molar-refractivity contribution in [3.8, 4) is 0 Å². The highest BCUT2D eigenvalue weighted by Gasteiger charge is 1.86. The maximum absolute atomic E-state index is 5.25. The first-order valence-corrected chi connectivity index (χ1v) is 2.84. The lowest BCUT2D eigenvalue weighted by Gasteiger charge is -1.86. The van der Waals surface area contributed by atoms with Gasteiger partial charge in [0.25, 0.3) is 0 Å². The Morgan fingerprint density at radius 3 is 2.00 bits per heavy atom. The van der Waals surface area contributed by atoms with Crippen LogP contribution < -0.4 is 0 Å². The van der Waals surface area contributed by atoms with Crippen molar-refractivity contribution >= 4 is 25.2 Å². The van der Waals surface area contributed by atoms with Crippen molar-refractivity contribution in [1.29, 1.82) is 0 Å². The smallest absolute Gasteiger partial charge is 0.155 e. The van der Waals surface area contributed by atoms with Crippen LogP contribution in [0.5, 0.6) is 0 Å². The molecule has 2 radical (unpaired) electrons. The average molecular weight is 83.8 g/mol. The largest absolute Gasteiger partial charge is 0.225 e. The summed E-state index contributed by atoms with van der Waals surface area (Å²) in [5.74, 6) is 0.301. The Morgan fingerprint density at radius 1 is 1.80 bits per heavy atom. The number of hydrogen-bond acceptors (Lipinski definition) is 1. The Labute approximate surface area is 39.1 Å². The zero-order chi connectivity index (χ0) is 4.28. The number of hydrogen-bond donors (Lipinski definition) is 0. The van der Waals surface area contributed by atoms with Gasteiger partial charge in [-0.15, -0.1) is 0 Å². The van der Waals surface area contributed by atoms with Crippen LogP contribution in [0.1, 0.15) is 0 Å². The van der Waals surface area contributed by atoms with Gasteiger partial charge in [0.05, 0.1) is 0 Å². The van der Waals surface area contributed by atoms with E-state index in [1.165, 1.54) is 0 Å². The van der Waals surface area contributed by atoms with E-state index >= 15 is 0 Å². The molecule has 5 heavy (non-hydrogen) atoms. The van der Waals surface area contributed by atoms with Gasteiger partial charge in [0.1, 0.15) is 0 Å². The third-order valence-corrected chi connectivity index (χ3v) is 1.12. The van der Waals surface area contributed by atoms with E-state index in [1.807, 2.05) is 13.1 Å². The van der Waals surface area contributed by atoms with Gasteiger partial charge < -0.3 is 0 Å². The zero-order valence-electron chi connectivity index (χ0n) is 3.56. The highest BCUT2D eigenvalue weighted by molar-refractivity contribution is 8.28. The molecule has 0 aliphatic heterocycles. The lowest BCUT2D eigenvalue weighted by molar-refractivity contribution is 2.33. The second kappa shape index (κ2) is 2.70. The van der Waals surface area contributed by atoms with Gasteiger partial charge >= 0.3 is 0 Å². The summed E-state index contributed by atoms with van der Waals surface area (Å²) in [5, 5.41) is 0. The fourth-order valence-corrected chi connectivity index (χ4v) is 0. The second-order valence-electron chi connectivity index (χ2n) is 0.941. The molecule has 0 aromatic rings. The van der Waals surface area contributed by atoms with Gasteiger partial charge in [0.2, 0.25) is 0 Å². The van der Waals surface area contributed by atoms with Crippen LogP contribution >= 0.6 is 11.6 Å². The molecular weight excluding hydrogens is 77.7 g/mol. The fourth-order valence-electron chi connectivity index (χ4n) is 0. The first kappa shape index (κ1) is 5.48. The molecule has 0 bridgehead atoms. The minimum Gasteiger partial charge on any atom is -0.225 e. The highest BCUT2D eigenvalue weighted by Crippen LogP contribution is 1.91. The predicted octanol–water partition coefficient (Wildman–Crippen LogP) is 0.636. The van der Waals surface area contributed by atoms with Crippen LogP contribution in [-0.2, 0) is 0 Å². The molecule has 0 nitrogen and oxygen atoms in total. The fraction of sp³-hybridized carbons (Fsp3) is 1.00. The summed E-state index contributed by atoms with van der Waals surface area (Å²) < 4.78 is 0. The van der Waals surface area contributed by atoms with Gasteiger partial charge in [-0.05, 0) is 6.26 Å². The van der Waals surface area contributed by atoms with Gasteiger partial charge in [0.15, 0.2) is 5.88 Å². The van der Waals surface area contributed by atoms with E-state index in [-0.39, 0.29) is 0 Å². The third-order valence-electron chi connectivity index (χ3n) is 0.372. The molecule has 3 heteroatoms. The summed E-state index contributed by atoms with van der Waals surface area (Å²) in [5.41, 5.74) is 0. The Kier molecular flexibility index (Phi) is 2.96. The topological polar surface area (TPSA) is 0 Å². The Balaban J connectivity index is 2.54. The van der Waals surface area contributed by atoms with Gasteiger partial charge in [0, 0.05) is 7.74 Å². The summed E-state index contributed by atoms with van der Waals surface area (Å²) in [4.78, 5) is 0. The molecular formula is C2H6B2S. The van der Waals surface area contributed by atoms with Gasteiger partial charge in [-0.3, -0.25) is 0 Å². The molecule has 0 saturated carbocycles. The van der Waals surface area contributed by atoms with Crippen LogP contribution in [0.15, 0.2) is 0 Å². The highest BCUT2D eigenvalue weighted by atomic mass is 32.2. The van der Waals surface area contributed by atoms with Crippen molar-refractivity contribution in [3.05, 3.63) is 0 Å². The maximum Gasteiger partial charge on any atom is 0.155 e. The molecule has 0 aliphatic carbocycles. The monoisotopic (exact) mass is 84.0 g/mol. The van der Waals surface area contributed by atoms with E-state index in [4.69, 9.17) is 7.74 Å². The Morgan fingerprint density at radius 2 is 2.00 bits per heavy atom. The molecule has 0 aliphatic rings. The lowest BCUT2D eigenvalue weighted by atomic mass is 9.56. The molecule has 0 rings (SSSR count). The van der Waals surface area contributed by atoms with Gasteiger partial charge in [-0.2, -0.15) is 0 Å². The standard InChI is InChI=1S/C2H6B2S/c1-4(3)5-2/h1-2H3. The molecule has 0 amide bonds. The summed E-state index contributed by atoms with van der Waals surface area (Å²) >= 11 is 1.66. The first-order valence-electron chi connectivity index (χ1n) is 1.55. The van der Waals surface area contributed by atoms with Crippen molar-refractivity contribution < 1.29 is 0 Å². The van der Waals surface area contributed by atoms with Crippen LogP contribution in [-0.4, -0.2) is 19.9 Å². The first-order chi connectivity index (χ1) is 2.27. The minimum atomic E-state index is 0.301. The average Bonchev–Trinajstić information content (AvgIpc) is 1.38. The second-order valence-corrected chi connectivity index (χ2v) is 2.16. The summed E-state index contributed by atoms with van der Waals surface area (Å²) in [6.07, 6.45) is 1.99. The molecule has 0 heterocycles. The van der Waals surface area contributed by atoms with Gasteiger partial charge in [-0.1, -0.05) is 6.82 Å². The van der Waals surface area contributed by atoms with E-state index in [0.717, 1.165) is 0 Å². The maximum atomic E-state index is 5.25. The zero-order valence-corrected chi connectivity index (χ0v) is 4.38. The minimum absolute atomic E-state index is 0.301. The van der Waals surface area contributed by atoms with Crippen LogP contribution in [0.2, 0.25) is 6.82 Å². The lowest BCUT2D eigenvalue weighted by Crippen LogP contribution is -1.96. The molecule has 0 saturated heterocycles. The quantitative estimate of drug-likeness (QED) is 0.420. The van der Waals surface area contributed by atoms with E-state index in [2.05, 4.69) is 0 Å². The third kappa shape index (κ3) is 4.48. The molecule has 0 N–H and O–H groups in total. The van der Waals surface area contributed by atoms with Crippen LogP contribution in [0, 0.1) is 0 Å². The Bertz CT molecular complexity index is 21.6. The van der Waals surface area contributed by atoms with Gasteiger partial charge in [-0.25, -0.2) is 11.6 Å². The van der Waals surface area contributed by atoms with Crippen molar-refractivity contribution in [2.24, 2.45) is 0 Å². The van der Waals surface area contributed by atoms with Crippen molar-refractivity contribution in [1.82, 2.24) is 0 Å². The molecule has 26 valence electrons. The summed E-state index contributed by atoms with van der Waals surface area (Å²) in [7, 11) is 5.25. The van der Waals surface area contributed by atoms with E-state index < -0.39 is 0 Å². The Hall–Kier alpha value is 0.480. The SMILES string of the molecule is [B]B(C)SC.